The van der Waals surface area contributed by atoms with E-state index in [1.807, 2.05) is 12.1 Å². The van der Waals surface area contributed by atoms with Gasteiger partial charge in [0, 0.05) is 29.8 Å². The highest BCUT2D eigenvalue weighted by molar-refractivity contribution is 6.02. The number of aliphatic hydroxyl groups excluding tert-OH is 1. The maximum atomic E-state index is 13.7. The van der Waals surface area contributed by atoms with Gasteiger partial charge in [-0.1, -0.05) is 0 Å². The minimum Gasteiger partial charge on any atom is -0.486 e. The van der Waals surface area contributed by atoms with Gasteiger partial charge in [-0.05, 0) is 37.8 Å². The van der Waals surface area contributed by atoms with Gasteiger partial charge >= 0.3 is 0 Å². The summed E-state index contributed by atoms with van der Waals surface area (Å²) in [4.78, 5) is 24.9. The number of amides is 1. The molecular weight excluding hydrogens is 472 g/mol. The number of rotatable bonds is 3. The molecule has 1 amide bonds. The zero-order valence-corrected chi connectivity index (χ0v) is 19.3. The fourth-order valence-corrected chi connectivity index (χ4v) is 4.39. The summed E-state index contributed by atoms with van der Waals surface area (Å²) in [5, 5.41) is 19.2. The molecule has 188 valence electrons. The molecule has 2 saturated carbocycles. The minimum atomic E-state index is -2.89. The molecule has 12 heteroatoms. The number of carbonyl (C=O) groups is 1. The van der Waals surface area contributed by atoms with Crippen LogP contribution < -0.4 is 15.4 Å². The van der Waals surface area contributed by atoms with Gasteiger partial charge in [0.2, 0.25) is 0 Å². The number of aromatic amines is 1. The highest BCUT2D eigenvalue weighted by Gasteiger charge is 2.49. The third kappa shape index (κ3) is 3.81. The first-order valence-electron chi connectivity index (χ1n) is 12.0. The molecular formula is C24H25F2N7O3. The summed E-state index contributed by atoms with van der Waals surface area (Å²) < 4.78 is 34.7. The van der Waals surface area contributed by atoms with Gasteiger partial charge in [0.05, 0.1) is 24.9 Å². The summed E-state index contributed by atoms with van der Waals surface area (Å²) in [6, 6.07) is 2.55. The van der Waals surface area contributed by atoms with Crippen LogP contribution in [-0.2, 0) is 0 Å². The summed E-state index contributed by atoms with van der Waals surface area (Å²) in [5.41, 5.74) is 2.33. The molecule has 10 nitrogen and oxygen atoms in total. The molecule has 0 bridgehead atoms. The van der Waals surface area contributed by atoms with E-state index >= 15 is 0 Å². The van der Waals surface area contributed by atoms with Crippen LogP contribution in [-0.4, -0.2) is 66.8 Å². The van der Waals surface area contributed by atoms with E-state index in [0.717, 1.165) is 23.8 Å². The molecule has 4 aromatic heterocycles. The van der Waals surface area contributed by atoms with Gasteiger partial charge in [-0.15, -0.1) is 0 Å². The van der Waals surface area contributed by atoms with Crippen LogP contribution in [0.4, 0.5) is 14.6 Å². The molecule has 2 fully saturated rings. The number of aliphatic hydroxyl groups is 1. The number of nitrogens with one attached hydrogen (secondary N) is 3. The van der Waals surface area contributed by atoms with Crippen LogP contribution in [0.1, 0.15) is 42.5 Å². The molecule has 0 spiro atoms. The standard InChI is InChI=1S/C20H17F2N7O2.C4H8O/c21-20(22)4-3-13(20)27-19(30)12-9-26-29-17(12)28-14(15-18(29)24-6-7-31-15)11-8-25-16-10(11)2-1-5-23-16;5-4-2-1-3-4/h1-2,5,8-9,13,24H,3-4,6-7H2,(H,23,25)(H,27,30);4-5H,1-3H2/t13-;/m0./s1. The second-order valence-corrected chi connectivity index (χ2v) is 9.22. The van der Waals surface area contributed by atoms with Crippen LogP contribution >= 0.6 is 0 Å². The average Bonchev–Trinajstić information content (AvgIpc) is 3.50. The third-order valence-corrected chi connectivity index (χ3v) is 6.85. The molecule has 0 aromatic carbocycles. The number of hydrogen-bond donors (Lipinski definition) is 4. The van der Waals surface area contributed by atoms with Crippen molar-refractivity contribution in [3.05, 3.63) is 36.3 Å². The monoisotopic (exact) mass is 497 g/mol. The SMILES string of the molecule is O=C(N[C@H]1CCC1(F)F)c1cnn2c3c(c(-c4c[nH]c5ncccc45)nc12)OCCN3.OC1CCC1. The second kappa shape index (κ2) is 8.70. The predicted molar refractivity (Wildman–Crippen MR) is 127 cm³/mol. The maximum absolute atomic E-state index is 13.7. The molecule has 0 saturated heterocycles. The molecule has 0 radical (unpaired) electrons. The minimum absolute atomic E-state index is 0.0648. The quantitative estimate of drug-likeness (QED) is 0.342. The van der Waals surface area contributed by atoms with Gasteiger partial charge in [-0.2, -0.15) is 9.61 Å². The number of aromatic nitrogens is 5. The van der Waals surface area contributed by atoms with Crippen molar-refractivity contribution in [2.45, 2.75) is 50.2 Å². The van der Waals surface area contributed by atoms with Crippen LogP contribution in [0.3, 0.4) is 0 Å². The Kier molecular flexibility index (Phi) is 5.47. The number of carbonyl (C=O) groups excluding carboxylic acids is 1. The lowest BCUT2D eigenvalue weighted by molar-refractivity contribution is -0.102. The Labute approximate surface area is 204 Å². The van der Waals surface area contributed by atoms with Gasteiger partial charge in [0.1, 0.15) is 23.5 Å². The Bertz CT molecular complexity index is 1450. The first-order valence-corrected chi connectivity index (χ1v) is 12.0. The molecule has 3 aliphatic rings. The smallest absolute Gasteiger partial charge is 0.267 e. The van der Waals surface area contributed by atoms with E-state index in [9.17, 15) is 13.6 Å². The molecule has 4 N–H and O–H groups in total. The van der Waals surface area contributed by atoms with Gasteiger partial charge in [0.15, 0.2) is 17.2 Å². The molecule has 1 atom stereocenters. The van der Waals surface area contributed by atoms with Crippen LogP contribution in [0, 0.1) is 0 Å². The Hall–Kier alpha value is -3.80. The maximum Gasteiger partial charge on any atom is 0.267 e. The van der Waals surface area contributed by atoms with E-state index in [0.29, 0.717) is 36.1 Å². The second-order valence-electron chi connectivity index (χ2n) is 9.22. The fourth-order valence-electron chi connectivity index (χ4n) is 4.39. The first-order chi connectivity index (χ1) is 17.4. The lowest BCUT2D eigenvalue weighted by Crippen LogP contribution is -2.55. The number of nitrogens with zero attached hydrogens (tertiary/aromatic N) is 4. The summed E-state index contributed by atoms with van der Waals surface area (Å²) >= 11 is 0. The Morgan fingerprint density at radius 1 is 1.31 bits per heavy atom. The van der Waals surface area contributed by atoms with Gasteiger partial charge in [0.25, 0.3) is 11.8 Å². The van der Waals surface area contributed by atoms with Crippen molar-refractivity contribution in [3.63, 3.8) is 0 Å². The van der Waals surface area contributed by atoms with Gasteiger partial charge in [-0.3, -0.25) is 4.79 Å². The normalized spacial score (nSPS) is 20.2. The Morgan fingerprint density at radius 3 is 2.83 bits per heavy atom. The van der Waals surface area contributed by atoms with Crippen molar-refractivity contribution in [2.75, 3.05) is 18.5 Å². The summed E-state index contributed by atoms with van der Waals surface area (Å²) in [7, 11) is 0. The van der Waals surface area contributed by atoms with Crippen LogP contribution in [0.5, 0.6) is 5.75 Å². The number of pyridine rings is 1. The van der Waals surface area contributed by atoms with Crippen molar-refractivity contribution >= 4 is 28.4 Å². The van der Waals surface area contributed by atoms with E-state index in [4.69, 9.17) is 9.84 Å². The Balaban J connectivity index is 0.000000431. The fraction of sp³-hybridized carbons (Fsp3) is 0.417. The molecule has 36 heavy (non-hydrogen) atoms. The van der Waals surface area contributed by atoms with E-state index in [-0.39, 0.29) is 30.2 Å². The van der Waals surface area contributed by atoms with Crippen molar-refractivity contribution < 1.29 is 23.4 Å². The predicted octanol–water partition coefficient (Wildman–Crippen LogP) is 3.14. The molecule has 1 aliphatic heterocycles. The average molecular weight is 498 g/mol. The molecule has 4 aromatic rings. The number of hydrogen-bond acceptors (Lipinski definition) is 7. The summed E-state index contributed by atoms with van der Waals surface area (Å²) in [5.74, 6) is -2.46. The number of fused-ring (bicyclic) bond motifs is 4. The first kappa shape index (κ1) is 22.7. The van der Waals surface area contributed by atoms with Crippen molar-refractivity contribution in [1.82, 2.24) is 29.9 Å². The van der Waals surface area contributed by atoms with Crippen molar-refractivity contribution in [2.24, 2.45) is 0 Å². The highest BCUT2D eigenvalue weighted by atomic mass is 19.3. The van der Waals surface area contributed by atoms with E-state index in [1.165, 1.54) is 17.1 Å². The Morgan fingerprint density at radius 2 is 2.14 bits per heavy atom. The van der Waals surface area contributed by atoms with E-state index < -0.39 is 17.9 Å². The van der Waals surface area contributed by atoms with E-state index in [2.05, 4.69) is 30.7 Å². The molecule has 7 rings (SSSR count). The van der Waals surface area contributed by atoms with E-state index in [1.54, 1.807) is 12.4 Å². The number of anilines is 1. The zero-order chi connectivity index (χ0) is 24.9. The lowest BCUT2D eigenvalue weighted by Gasteiger charge is -2.36. The molecule has 5 heterocycles. The topological polar surface area (TPSA) is 129 Å². The van der Waals surface area contributed by atoms with Crippen LogP contribution in [0.25, 0.3) is 27.9 Å². The van der Waals surface area contributed by atoms with Crippen molar-refractivity contribution in [3.8, 4) is 17.0 Å². The number of halogens is 2. The lowest BCUT2D eigenvalue weighted by atomic mass is 9.88. The summed E-state index contributed by atoms with van der Waals surface area (Å²) in [6.45, 7) is 0.996. The number of ether oxygens (including phenoxy) is 1. The van der Waals surface area contributed by atoms with Gasteiger partial charge in [-0.25, -0.2) is 18.7 Å². The number of H-pyrrole nitrogens is 1. The largest absolute Gasteiger partial charge is 0.486 e. The molecule has 0 unspecified atom stereocenters. The highest BCUT2D eigenvalue weighted by Crippen LogP contribution is 2.41. The zero-order valence-electron chi connectivity index (χ0n) is 19.3. The van der Waals surface area contributed by atoms with Crippen molar-refractivity contribution in [1.29, 1.82) is 0 Å². The number of alkyl halides is 2. The van der Waals surface area contributed by atoms with Crippen LogP contribution in [0.15, 0.2) is 30.7 Å². The summed E-state index contributed by atoms with van der Waals surface area (Å²) in [6.07, 6.45) is 8.20. The van der Waals surface area contributed by atoms with Crippen LogP contribution in [0.2, 0.25) is 0 Å². The third-order valence-electron chi connectivity index (χ3n) is 6.85. The van der Waals surface area contributed by atoms with Gasteiger partial charge < -0.3 is 25.5 Å². The molecule has 2 aliphatic carbocycles.